The van der Waals surface area contributed by atoms with Gasteiger partial charge in [0.15, 0.2) is 5.11 Å². The van der Waals surface area contributed by atoms with Gasteiger partial charge in [-0.25, -0.2) is 4.39 Å². The Morgan fingerprint density at radius 2 is 1.83 bits per heavy atom. The van der Waals surface area contributed by atoms with Crippen LogP contribution in [0.5, 0.6) is 5.75 Å². The molecule has 0 saturated carbocycles. The third-order valence-electron chi connectivity index (χ3n) is 3.42. The molecule has 1 amide bonds. The molecule has 2 N–H and O–H groups in total. The lowest BCUT2D eigenvalue weighted by atomic mass is 10.0. The minimum absolute atomic E-state index is 0.0743. The van der Waals surface area contributed by atoms with Crippen LogP contribution >= 0.6 is 35.4 Å². The Morgan fingerprint density at radius 3 is 2.48 bits per heavy atom. The van der Waals surface area contributed by atoms with Gasteiger partial charge in [0.2, 0.25) is 0 Å². The van der Waals surface area contributed by atoms with Crippen LogP contribution in [0.25, 0.3) is 0 Å². The summed E-state index contributed by atoms with van der Waals surface area (Å²) in [5.41, 5.74) is 0.807. The van der Waals surface area contributed by atoms with E-state index in [1.54, 1.807) is 12.1 Å². The molecule has 0 radical (unpaired) electrons. The molecular weight excluding hydrogens is 362 g/mol. The summed E-state index contributed by atoms with van der Waals surface area (Å²) in [6.07, 6.45) is 0. The van der Waals surface area contributed by atoms with Gasteiger partial charge in [-0.3, -0.25) is 4.79 Å². The molecule has 23 heavy (non-hydrogen) atoms. The summed E-state index contributed by atoms with van der Waals surface area (Å²) >= 11 is 17.0. The van der Waals surface area contributed by atoms with Gasteiger partial charge in [0.25, 0.3) is 5.91 Å². The van der Waals surface area contributed by atoms with Crippen LogP contribution in [0.1, 0.15) is 11.6 Å². The molecule has 1 fully saturated rings. The molecule has 2 aromatic carbocycles. The predicted molar refractivity (Wildman–Crippen MR) is 90.5 cm³/mol. The van der Waals surface area contributed by atoms with Crippen molar-refractivity contribution in [2.45, 2.75) is 6.04 Å². The Balaban J connectivity index is 2.12. The molecule has 1 aliphatic heterocycles. The van der Waals surface area contributed by atoms with Gasteiger partial charge in [-0.05, 0) is 48.6 Å². The molecule has 0 aliphatic carbocycles. The van der Waals surface area contributed by atoms with Crippen molar-refractivity contribution in [3.63, 3.8) is 0 Å². The van der Waals surface area contributed by atoms with Gasteiger partial charge in [-0.1, -0.05) is 23.2 Å². The number of nitrogens with one attached hydrogen (secondary N) is 1. The number of benzene rings is 2. The van der Waals surface area contributed by atoms with E-state index in [0.29, 0.717) is 5.69 Å². The fourth-order valence-corrected chi connectivity index (χ4v) is 3.17. The zero-order valence-electron chi connectivity index (χ0n) is 11.4. The quantitative estimate of drug-likeness (QED) is 0.623. The molecule has 1 unspecified atom stereocenters. The maximum atomic E-state index is 13.8. The molecule has 4 nitrogen and oxygen atoms in total. The van der Waals surface area contributed by atoms with Gasteiger partial charge in [-0.15, -0.1) is 0 Å². The maximum Gasteiger partial charge on any atom is 0.253 e. The van der Waals surface area contributed by atoms with Gasteiger partial charge in [0.05, 0.1) is 5.02 Å². The molecule has 0 aromatic heterocycles. The number of hydrogen-bond acceptors (Lipinski definition) is 3. The zero-order chi connectivity index (χ0) is 16.7. The first-order valence-corrected chi connectivity index (χ1v) is 7.62. The van der Waals surface area contributed by atoms with Crippen LogP contribution in [0, 0.1) is 5.82 Å². The van der Waals surface area contributed by atoms with E-state index < -0.39 is 17.8 Å². The Morgan fingerprint density at radius 1 is 1.17 bits per heavy atom. The smallest absolute Gasteiger partial charge is 0.253 e. The summed E-state index contributed by atoms with van der Waals surface area (Å²) < 4.78 is 13.8. The van der Waals surface area contributed by atoms with Crippen molar-refractivity contribution >= 4 is 52.1 Å². The first kappa shape index (κ1) is 16.0. The standard InChI is InChI=1S/C15H9Cl2FN2O2S/c16-10-6-11(17)12(18)5-9(10)13-14(22)19-15(23)20(13)7-1-3-8(21)4-2-7/h1-6,13,21H,(H,19,22,23). The molecule has 1 atom stereocenters. The number of rotatable bonds is 2. The number of phenolic OH excluding ortho intramolecular Hbond substituents is 1. The largest absolute Gasteiger partial charge is 0.508 e. The second kappa shape index (κ2) is 5.96. The normalized spacial score (nSPS) is 17.5. The first-order chi connectivity index (χ1) is 10.9. The van der Waals surface area contributed by atoms with Gasteiger partial charge < -0.3 is 15.3 Å². The number of aromatic hydroxyl groups is 1. The Bertz CT molecular complexity index is 814. The van der Waals surface area contributed by atoms with E-state index in [1.807, 2.05) is 0 Å². The third-order valence-corrected chi connectivity index (χ3v) is 4.33. The highest BCUT2D eigenvalue weighted by atomic mass is 35.5. The number of amides is 1. The summed E-state index contributed by atoms with van der Waals surface area (Å²) in [6.45, 7) is 0. The number of hydrogen-bond donors (Lipinski definition) is 2. The summed E-state index contributed by atoms with van der Waals surface area (Å²) in [5.74, 6) is -1.03. The van der Waals surface area contributed by atoms with E-state index in [0.717, 1.165) is 6.07 Å². The number of thiocarbonyl (C=S) groups is 1. The van der Waals surface area contributed by atoms with E-state index in [4.69, 9.17) is 35.4 Å². The van der Waals surface area contributed by atoms with Gasteiger partial charge in [0, 0.05) is 16.3 Å². The highest BCUT2D eigenvalue weighted by molar-refractivity contribution is 7.80. The van der Waals surface area contributed by atoms with Crippen molar-refractivity contribution in [2.24, 2.45) is 0 Å². The van der Waals surface area contributed by atoms with Crippen LogP contribution in [-0.4, -0.2) is 16.1 Å². The molecule has 2 aromatic rings. The van der Waals surface area contributed by atoms with Crippen LogP contribution < -0.4 is 10.2 Å². The van der Waals surface area contributed by atoms with Crippen LogP contribution in [0.15, 0.2) is 36.4 Å². The van der Waals surface area contributed by atoms with Crippen molar-refractivity contribution in [1.29, 1.82) is 0 Å². The molecule has 0 spiro atoms. The summed E-state index contributed by atoms with van der Waals surface area (Å²) in [7, 11) is 0. The van der Waals surface area contributed by atoms with Crippen LogP contribution in [0.2, 0.25) is 10.0 Å². The number of carbonyl (C=O) groups excluding carboxylic acids is 1. The summed E-state index contributed by atoms with van der Waals surface area (Å²) in [5, 5.41) is 12.1. The number of phenols is 1. The average Bonchev–Trinajstić information content (AvgIpc) is 2.78. The van der Waals surface area contributed by atoms with Gasteiger partial charge in [-0.2, -0.15) is 0 Å². The van der Waals surface area contributed by atoms with Crippen LogP contribution in [-0.2, 0) is 4.79 Å². The highest BCUT2D eigenvalue weighted by Gasteiger charge is 2.39. The van der Waals surface area contributed by atoms with E-state index >= 15 is 0 Å². The van der Waals surface area contributed by atoms with Crippen molar-refractivity contribution < 1.29 is 14.3 Å². The number of anilines is 1. The van der Waals surface area contributed by atoms with E-state index in [9.17, 15) is 14.3 Å². The van der Waals surface area contributed by atoms with Crippen LogP contribution in [0.3, 0.4) is 0 Å². The fraction of sp³-hybridized carbons (Fsp3) is 0.0667. The summed E-state index contributed by atoms with van der Waals surface area (Å²) in [6, 6.07) is 7.55. The molecule has 3 rings (SSSR count). The SMILES string of the molecule is O=C1NC(=S)N(c2ccc(O)cc2)C1c1cc(F)c(Cl)cc1Cl. The van der Waals surface area contributed by atoms with Crippen LogP contribution in [0.4, 0.5) is 10.1 Å². The van der Waals surface area contributed by atoms with Gasteiger partial charge >= 0.3 is 0 Å². The molecule has 1 heterocycles. The number of nitrogens with zero attached hydrogens (tertiary/aromatic N) is 1. The lowest BCUT2D eigenvalue weighted by Gasteiger charge is -2.24. The van der Waals surface area contributed by atoms with Crippen molar-refractivity contribution in [2.75, 3.05) is 4.90 Å². The molecular formula is C15H9Cl2FN2O2S. The Hall–Kier alpha value is -1.89. The van der Waals surface area contributed by atoms with Crippen molar-refractivity contribution in [3.8, 4) is 5.75 Å². The molecule has 118 valence electrons. The van der Waals surface area contributed by atoms with Crippen molar-refractivity contribution in [1.82, 2.24) is 5.32 Å². The van der Waals surface area contributed by atoms with E-state index in [2.05, 4.69) is 5.32 Å². The highest BCUT2D eigenvalue weighted by Crippen LogP contribution is 2.37. The lowest BCUT2D eigenvalue weighted by Crippen LogP contribution is -2.29. The first-order valence-electron chi connectivity index (χ1n) is 6.46. The average molecular weight is 371 g/mol. The molecule has 8 heteroatoms. The predicted octanol–water partition coefficient (Wildman–Crippen LogP) is 3.80. The lowest BCUT2D eigenvalue weighted by molar-refractivity contribution is -0.119. The third kappa shape index (κ3) is 2.85. The monoisotopic (exact) mass is 370 g/mol. The minimum Gasteiger partial charge on any atom is -0.508 e. The van der Waals surface area contributed by atoms with Gasteiger partial charge in [0.1, 0.15) is 17.6 Å². The minimum atomic E-state index is -0.925. The molecule has 1 aliphatic rings. The number of carbonyl (C=O) groups is 1. The van der Waals surface area contributed by atoms with E-state index in [1.165, 1.54) is 23.1 Å². The Kier molecular flexibility index (Phi) is 4.14. The fourth-order valence-electron chi connectivity index (χ4n) is 2.38. The zero-order valence-corrected chi connectivity index (χ0v) is 13.7. The molecule has 1 saturated heterocycles. The summed E-state index contributed by atoms with van der Waals surface area (Å²) in [4.78, 5) is 13.8. The van der Waals surface area contributed by atoms with E-state index in [-0.39, 0.29) is 26.5 Å². The topological polar surface area (TPSA) is 52.6 Å². The second-order valence-electron chi connectivity index (χ2n) is 4.87. The number of halogens is 3. The second-order valence-corrected chi connectivity index (χ2v) is 6.07. The Labute approximate surface area is 146 Å². The maximum absolute atomic E-state index is 13.8. The molecule has 0 bridgehead atoms. The van der Waals surface area contributed by atoms with Crippen molar-refractivity contribution in [3.05, 3.63) is 57.8 Å².